The Hall–Kier alpha value is -1.07. The summed E-state index contributed by atoms with van der Waals surface area (Å²) in [5.74, 6) is 1.07. The van der Waals surface area contributed by atoms with Crippen LogP contribution < -0.4 is 11.1 Å². The molecule has 1 unspecified atom stereocenters. The van der Waals surface area contributed by atoms with E-state index < -0.39 is 0 Å². The van der Waals surface area contributed by atoms with Crippen LogP contribution in [0.1, 0.15) is 24.8 Å². The van der Waals surface area contributed by atoms with Crippen LogP contribution in [-0.2, 0) is 0 Å². The highest BCUT2D eigenvalue weighted by Gasteiger charge is 2.14. The first-order chi connectivity index (χ1) is 8.50. The Labute approximate surface area is 114 Å². The molecule has 0 amide bonds. The van der Waals surface area contributed by atoms with E-state index in [9.17, 15) is 0 Å². The van der Waals surface area contributed by atoms with E-state index in [-0.39, 0.29) is 0 Å². The number of nitrogens with one attached hydrogen (secondary N) is 1. The smallest absolute Gasteiger partial charge is 0.188 e. The molecule has 0 fully saturated rings. The first-order valence-corrected chi connectivity index (χ1v) is 7.12. The fourth-order valence-corrected chi connectivity index (χ4v) is 2.48. The molecule has 3 N–H and O–H groups in total. The summed E-state index contributed by atoms with van der Waals surface area (Å²) in [6.45, 7) is 5.81. The van der Waals surface area contributed by atoms with Gasteiger partial charge in [-0.25, -0.2) is 0 Å². The topological polar surface area (TPSA) is 53.6 Å². The minimum Gasteiger partial charge on any atom is -0.370 e. The summed E-state index contributed by atoms with van der Waals surface area (Å²) in [4.78, 5) is 7.83. The van der Waals surface area contributed by atoms with E-state index >= 15 is 0 Å². The predicted molar refractivity (Wildman–Crippen MR) is 80.1 cm³/mol. The van der Waals surface area contributed by atoms with Crippen molar-refractivity contribution in [3.8, 4) is 0 Å². The van der Waals surface area contributed by atoms with Crippen LogP contribution in [-0.4, -0.2) is 38.0 Å². The van der Waals surface area contributed by atoms with E-state index in [0.717, 1.165) is 13.1 Å². The van der Waals surface area contributed by atoms with Crippen LogP contribution in [0.2, 0.25) is 0 Å². The van der Waals surface area contributed by atoms with Crippen molar-refractivity contribution >= 4 is 17.3 Å². The third-order valence-corrected chi connectivity index (χ3v) is 3.57. The number of hydrogen-bond acceptors (Lipinski definition) is 3. The molecule has 18 heavy (non-hydrogen) atoms. The van der Waals surface area contributed by atoms with E-state index in [4.69, 9.17) is 5.73 Å². The van der Waals surface area contributed by atoms with Crippen LogP contribution >= 0.6 is 11.3 Å². The molecule has 0 aliphatic rings. The van der Waals surface area contributed by atoms with Crippen molar-refractivity contribution in [1.29, 1.82) is 0 Å². The molecule has 1 atom stereocenters. The highest BCUT2D eigenvalue weighted by Crippen LogP contribution is 2.22. The molecule has 4 nitrogen and oxygen atoms in total. The van der Waals surface area contributed by atoms with Gasteiger partial charge >= 0.3 is 0 Å². The average Bonchev–Trinajstić information content (AvgIpc) is 2.79. The molecular weight excluding hydrogens is 244 g/mol. The Morgan fingerprint density at radius 2 is 2.22 bits per heavy atom. The molecule has 0 saturated carbocycles. The van der Waals surface area contributed by atoms with Crippen molar-refractivity contribution < 1.29 is 0 Å². The first kappa shape index (κ1) is 15.0. The lowest BCUT2D eigenvalue weighted by Crippen LogP contribution is -2.38. The summed E-state index contributed by atoms with van der Waals surface area (Å²) in [5.41, 5.74) is 5.85. The number of nitrogens with zero attached hydrogens (tertiary/aromatic N) is 2. The van der Waals surface area contributed by atoms with Crippen LogP contribution in [0.25, 0.3) is 0 Å². The average molecular weight is 268 g/mol. The summed E-state index contributed by atoms with van der Waals surface area (Å²) in [7, 11) is 4.15. The van der Waals surface area contributed by atoms with Gasteiger partial charge in [0.05, 0.1) is 6.04 Å². The molecule has 0 aliphatic carbocycles. The fourth-order valence-electron chi connectivity index (χ4n) is 1.56. The number of rotatable bonds is 6. The predicted octanol–water partition coefficient (Wildman–Crippen LogP) is 1.91. The Kier molecular flexibility index (Phi) is 6.15. The summed E-state index contributed by atoms with van der Waals surface area (Å²) in [6.07, 6.45) is 0. The van der Waals surface area contributed by atoms with Crippen molar-refractivity contribution in [3.05, 3.63) is 22.4 Å². The molecule has 0 aromatic carbocycles. The van der Waals surface area contributed by atoms with Gasteiger partial charge in [0.25, 0.3) is 0 Å². The maximum Gasteiger partial charge on any atom is 0.188 e. The molecule has 0 aliphatic heterocycles. The number of thiophene rings is 1. The lowest BCUT2D eigenvalue weighted by Gasteiger charge is -2.23. The first-order valence-electron chi connectivity index (χ1n) is 6.24. The lowest BCUT2D eigenvalue weighted by atomic mass is 10.2. The molecule has 0 spiro atoms. The van der Waals surface area contributed by atoms with Gasteiger partial charge in [0, 0.05) is 18.0 Å². The van der Waals surface area contributed by atoms with E-state index in [2.05, 4.69) is 60.7 Å². The van der Waals surface area contributed by atoms with Gasteiger partial charge in [-0.2, -0.15) is 0 Å². The maximum absolute atomic E-state index is 5.85. The standard InChI is InChI=1S/C13H24N4S/c1-10(2)8-15-13(14)16-9-11(17(3)4)12-6-5-7-18-12/h5-7,10-11H,8-9H2,1-4H3,(H3,14,15,16). The zero-order chi connectivity index (χ0) is 13.5. The maximum atomic E-state index is 5.85. The van der Waals surface area contributed by atoms with E-state index in [1.54, 1.807) is 11.3 Å². The number of nitrogens with two attached hydrogens (primary N) is 1. The van der Waals surface area contributed by atoms with Crippen molar-refractivity contribution in [1.82, 2.24) is 10.2 Å². The number of likely N-dealkylation sites (N-methyl/N-ethyl adjacent to an activating group) is 1. The Balaban J connectivity index is 2.51. The van der Waals surface area contributed by atoms with Crippen molar-refractivity contribution in [3.63, 3.8) is 0 Å². The van der Waals surface area contributed by atoms with Gasteiger partial charge in [0.15, 0.2) is 5.96 Å². The van der Waals surface area contributed by atoms with Gasteiger partial charge in [-0.05, 0) is 31.5 Å². The zero-order valence-electron chi connectivity index (χ0n) is 11.7. The Morgan fingerprint density at radius 3 is 2.72 bits per heavy atom. The summed E-state index contributed by atoms with van der Waals surface area (Å²) < 4.78 is 0. The fraction of sp³-hybridized carbons (Fsp3) is 0.615. The van der Waals surface area contributed by atoms with Crippen LogP contribution in [0.15, 0.2) is 22.5 Å². The summed E-state index contributed by atoms with van der Waals surface area (Å²) >= 11 is 1.77. The molecule has 102 valence electrons. The molecule has 0 saturated heterocycles. The Bertz CT molecular complexity index is 357. The number of aliphatic imine (C=N–C) groups is 1. The van der Waals surface area contributed by atoms with Gasteiger partial charge in [-0.1, -0.05) is 19.9 Å². The summed E-state index contributed by atoms with van der Waals surface area (Å²) in [5, 5.41) is 5.30. The van der Waals surface area contributed by atoms with E-state index in [1.807, 2.05) is 0 Å². The van der Waals surface area contributed by atoms with Crippen LogP contribution in [0.3, 0.4) is 0 Å². The van der Waals surface area contributed by atoms with Crippen LogP contribution in [0.5, 0.6) is 0 Å². The van der Waals surface area contributed by atoms with Crippen molar-refractivity contribution in [2.75, 3.05) is 27.2 Å². The van der Waals surface area contributed by atoms with E-state index in [0.29, 0.717) is 17.9 Å². The van der Waals surface area contributed by atoms with Gasteiger partial charge in [-0.3, -0.25) is 4.99 Å². The molecule has 1 aromatic heterocycles. The van der Waals surface area contributed by atoms with Crippen molar-refractivity contribution in [2.24, 2.45) is 16.6 Å². The van der Waals surface area contributed by atoms with Crippen LogP contribution in [0.4, 0.5) is 0 Å². The monoisotopic (exact) mass is 268 g/mol. The van der Waals surface area contributed by atoms with Gasteiger partial charge in [-0.15, -0.1) is 11.3 Å². The van der Waals surface area contributed by atoms with Gasteiger partial charge in [0.1, 0.15) is 0 Å². The van der Waals surface area contributed by atoms with E-state index in [1.165, 1.54) is 4.88 Å². The molecule has 0 radical (unpaired) electrons. The largest absolute Gasteiger partial charge is 0.370 e. The van der Waals surface area contributed by atoms with Gasteiger partial charge < -0.3 is 16.0 Å². The molecule has 1 aromatic rings. The second kappa shape index (κ2) is 7.38. The molecular formula is C13H24N4S. The minimum absolute atomic E-state index is 0.331. The molecule has 5 heteroatoms. The van der Waals surface area contributed by atoms with Crippen molar-refractivity contribution in [2.45, 2.75) is 19.9 Å². The number of guanidine groups is 1. The molecule has 1 heterocycles. The summed E-state index contributed by atoms with van der Waals surface area (Å²) in [6, 6.07) is 4.56. The SMILES string of the molecule is CC(C)CN=C(N)NCC(c1cccs1)N(C)C. The third kappa shape index (κ3) is 5.06. The second-order valence-electron chi connectivity index (χ2n) is 5.00. The molecule has 1 rings (SSSR count). The second-order valence-corrected chi connectivity index (χ2v) is 5.97. The zero-order valence-corrected chi connectivity index (χ0v) is 12.5. The lowest BCUT2D eigenvalue weighted by molar-refractivity contribution is 0.303. The molecule has 0 bridgehead atoms. The Morgan fingerprint density at radius 1 is 1.50 bits per heavy atom. The highest BCUT2D eigenvalue weighted by molar-refractivity contribution is 7.10. The third-order valence-electron chi connectivity index (χ3n) is 2.60. The quantitative estimate of drug-likeness (QED) is 0.612. The highest BCUT2D eigenvalue weighted by atomic mass is 32.1. The van der Waals surface area contributed by atoms with Crippen LogP contribution in [0, 0.1) is 5.92 Å². The normalized spacial score (nSPS) is 14.2. The minimum atomic E-state index is 0.331. The van der Waals surface area contributed by atoms with Gasteiger partial charge in [0.2, 0.25) is 0 Å². The number of hydrogen-bond donors (Lipinski definition) is 2.